The molecule has 1 aliphatic rings. The van der Waals surface area contributed by atoms with Crippen LogP contribution in [0.2, 0.25) is 0 Å². The lowest BCUT2D eigenvalue weighted by Gasteiger charge is -2.36. The molecule has 0 radical (unpaired) electrons. The zero-order valence-corrected chi connectivity index (χ0v) is 9.84. The van der Waals surface area contributed by atoms with Crippen molar-refractivity contribution in [1.29, 1.82) is 0 Å². The van der Waals surface area contributed by atoms with Crippen LogP contribution in [0.25, 0.3) is 0 Å². The van der Waals surface area contributed by atoms with Crippen LogP contribution in [0.1, 0.15) is 46.0 Å². The summed E-state index contributed by atoms with van der Waals surface area (Å²) in [7, 11) is 0. The molecule has 2 atom stereocenters. The van der Waals surface area contributed by atoms with Gasteiger partial charge in [0.15, 0.2) is 0 Å². The molecule has 1 rings (SSSR count). The summed E-state index contributed by atoms with van der Waals surface area (Å²) in [6.45, 7) is 8.17. The van der Waals surface area contributed by atoms with Crippen molar-refractivity contribution in [2.45, 2.75) is 52.0 Å². The van der Waals surface area contributed by atoms with Gasteiger partial charge < -0.3 is 10.6 Å². The molecule has 0 aromatic heterocycles. The zero-order valence-electron chi connectivity index (χ0n) is 9.84. The Balaban J connectivity index is 2.29. The zero-order chi connectivity index (χ0) is 10.4. The third-order valence-electron chi connectivity index (χ3n) is 3.15. The summed E-state index contributed by atoms with van der Waals surface area (Å²) >= 11 is 0. The van der Waals surface area contributed by atoms with Crippen molar-refractivity contribution in [2.75, 3.05) is 19.6 Å². The molecule has 1 fully saturated rings. The van der Waals surface area contributed by atoms with Gasteiger partial charge in [0.1, 0.15) is 0 Å². The quantitative estimate of drug-likeness (QED) is 0.734. The summed E-state index contributed by atoms with van der Waals surface area (Å²) < 4.78 is 0. The highest BCUT2D eigenvalue weighted by Crippen LogP contribution is 2.21. The third-order valence-corrected chi connectivity index (χ3v) is 3.15. The summed E-state index contributed by atoms with van der Waals surface area (Å²) in [6, 6.07) is 0.428. The molecule has 84 valence electrons. The maximum atomic E-state index is 6.08. The average Bonchev–Trinajstić information content (AvgIpc) is 2.14. The molecule has 0 amide bonds. The van der Waals surface area contributed by atoms with Crippen molar-refractivity contribution in [2.24, 2.45) is 11.7 Å². The molecule has 0 aromatic carbocycles. The molecule has 0 spiro atoms. The number of nitrogens with zero attached hydrogens (tertiary/aromatic N) is 1. The van der Waals surface area contributed by atoms with Gasteiger partial charge in [-0.2, -0.15) is 0 Å². The normalized spacial score (nSPS) is 29.4. The van der Waals surface area contributed by atoms with Gasteiger partial charge in [-0.25, -0.2) is 0 Å². The predicted octanol–water partition coefficient (Wildman–Crippen LogP) is 2.24. The van der Waals surface area contributed by atoms with E-state index in [-0.39, 0.29) is 0 Å². The lowest BCUT2D eigenvalue weighted by Crippen LogP contribution is -2.47. The number of hydrogen-bond donors (Lipinski definition) is 1. The van der Waals surface area contributed by atoms with E-state index in [2.05, 4.69) is 18.7 Å². The van der Waals surface area contributed by atoms with Crippen LogP contribution in [0.5, 0.6) is 0 Å². The average molecular weight is 198 g/mol. The number of hydrogen-bond acceptors (Lipinski definition) is 2. The Morgan fingerprint density at radius 1 is 1.21 bits per heavy atom. The molecule has 0 aromatic rings. The Kier molecular flexibility index (Phi) is 5.49. The van der Waals surface area contributed by atoms with Crippen LogP contribution in [0.4, 0.5) is 0 Å². The highest BCUT2D eigenvalue weighted by Gasteiger charge is 2.23. The van der Waals surface area contributed by atoms with Gasteiger partial charge in [-0.1, -0.05) is 26.7 Å². The molecule has 14 heavy (non-hydrogen) atoms. The SMILES string of the molecule is CCCCC1CC(N)CN(CCC)C1. The monoisotopic (exact) mass is 198 g/mol. The molecule has 2 N–H and O–H groups in total. The van der Waals surface area contributed by atoms with E-state index < -0.39 is 0 Å². The first-order valence-corrected chi connectivity index (χ1v) is 6.24. The minimum Gasteiger partial charge on any atom is -0.327 e. The first-order chi connectivity index (χ1) is 6.76. The van der Waals surface area contributed by atoms with Gasteiger partial charge >= 0.3 is 0 Å². The summed E-state index contributed by atoms with van der Waals surface area (Å²) in [5, 5.41) is 0. The number of unbranched alkanes of at least 4 members (excludes halogenated alkanes) is 1. The number of rotatable bonds is 5. The maximum Gasteiger partial charge on any atom is 0.0170 e. The van der Waals surface area contributed by atoms with Crippen molar-refractivity contribution < 1.29 is 0 Å². The van der Waals surface area contributed by atoms with E-state index in [0.29, 0.717) is 6.04 Å². The Labute approximate surface area is 88.8 Å². The first kappa shape index (κ1) is 12.0. The number of nitrogens with two attached hydrogens (primary N) is 1. The fraction of sp³-hybridized carbons (Fsp3) is 1.00. The van der Waals surface area contributed by atoms with Crippen molar-refractivity contribution in [1.82, 2.24) is 4.90 Å². The molecule has 1 heterocycles. The minimum atomic E-state index is 0.428. The van der Waals surface area contributed by atoms with Gasteiger partial charge in [0, 0.05) is 19.1 Å². The molecule has 1 aliphatic heterocycles. The Morgan fingerprint density at radius 2 is 2.00 bits per heavy atom. The Hall–Kier alpha value is -0.0800. The van der Waals surface area contributed by atoms with E-state index in [0.717, 1.165) is 12.5 Å². The number of piperidine rings is 1. The van der Waals surface area contributed by atoms with Gasteiger partial charge in [-0.3, -0.25) is 0 Å². The Bertz CT molecular complexity index is 147. The van der Waals surface area contributed by atoms with E-state index in [1.54, 1.807) is 0 Å². The lowest BCUT2D eigenvalue weighted by atomic mass is 9.90. The van der Waals surface area contributed by atoms with Crippen LogP contribution in [0.3, 0.4) is 0 Å². The highest BCUT2D eigenvalue weighted by atomic mass is 15.1. The highest BCUT2D eigenvalue weighted by molar-refractivity contribution is 4.80. The van der Waals surface area contributed by atoms with Crippen LogP contribution >= 0.6 is 0 Å². The van der Waals surface area contributed by atoms with E-state index in [1.807, 2.05) is 0 Å². The smallest absolute Gasteiger partial charge is 0.0170 e. The lowest BCUT2D eigenvalue weighted by molar-refractivity contribution is 0.150. The molecule has 1 saturated heterocycles. The van der Waals surface area contributed by atoms with Crippen LogP contribution in [0, 0.1) is 5.92 Å². The molecule has 0 bridgehead atoms. The second kappa shape index (κ2) is 6.41. The molecule has 2 heteroatoms. The molecule has 2 unspecified atom stereocenters. The molecular formula is C12H26N2. The molecule has 0 saturated carbocycles. The fourth-order valence-electron chi connectivity index (χ4n) is 2.55. The second-order valence-corrected chi connectivity index (χ2v) is 4.76. The van der Waals surface area contributed by atoms with Gasteiger partial charge in [-0.05, 0) is 31.7 Å². The minimum absolute atomic E-state index is 0.428. The summed E-state index contributed by atoms with van der Waals surface area (Å²) in [5.41, 5.74) is 6.08. The first-order valence-electron chi connectivity index (χ1n) is 6.24. The maximum absolute atomic E-state index is 6.08. The standard InChI is InChI=1S/C12H26N2/c1-3-5-6-11-8-12(13)10-14(9-11)7-4-2/h11-12H,3-10,13H2,1-2H3. The number of likely N-dealkylation sites (tertiary alicyclic amines) is 1. The summed E-state index contributed by atoms with van der Waals surface area (Å²) in [5.74, 6) is 0.866. The largest absolute Gasteiger partial charge is 0.327 e. The molecule has 2 nitrogen and oxygen atoms in total. The van der Waals surface area contributed by atoms with E-state index >= 15 is 0 Å². The van der Waals surface area contributed by atoms with Gasteiger partial charge in [0.25, 0.3) is 0 Å². The fourth-order valence-corrected chi connectivity index (χ4v) is 2.55. The topological polar surface area (TPSA) is 29.3 Å². The molecule has 0 aliphatic carbocycles. The van der Waals surface area contributed by atoms with Gasteiger partial charge in [0.05, 0.1) is 0 Å². The van der Waals surface area contributed by atoms with Crippen LogP contribution in [-0.2, 0) is 0 Å². The van der Waals surface area contributed by atoms with Gasteiger partial charge in [-0.15, -0.1) is 0 Å². The van der Waals surface area contributed by atoms with Crippen LogP contribution < -0.4 is 5.73 Å². The second-order valence-electron chi connectivity index (χ2n) is 4.76. The predicted molar refractivity (Wildman–Crippen MR) is 62.3 cm³/mol. The van der Waals surface area contributed by atoms with E-state index in [1.165, 1.54) is 45.2 Å². The van der Waals surface area contributed by atoms with Crippen molar-refractivity contribution >= 4 is 0 Å². The van der Waals surface area contributed by atoms with Gasteiger partial charge in [0.2, 0.25) is 0 Å². The van der Waals surface area contributed by atoms with Crippen molar-refractivity contribution in [3.8, 4) is 0 Å². The summed E-state index contributed by atoms with van der Waals surface area (Å²) in [6.07, 6.45) is 6.58. The Morgan fingerprint density at radius 3 is 2.64 bits per heavy atom. The van der Waals surface area contributed by atoms with Crippen molar-refractivity contribution in [3.63, 3.8) is 0 Å². The van der Waals surface area contributed by atoms with Crippen LogP contribution in [-0.4, -0.2) is 30.6 Å². The van der Waals surface area contributed by atoms with E-state index in [4.69, 9.17) is 5.73 Å². The third kappa shape index (κ3) is 3.97. The van der Waals surface area contributed by atoms with Crippen molar-refractivity contribution in [3.05, 3.63) is 0 Å². The molecular weight excluding hydrogens is 172 g/mol. The summed E-state index contributed by atoms with van der Waals surface area (Å²) in [4.78, 5) is 2.55. The van der Waals surface area contributed by atoms with Crippen LogP contribution in [0.15, 0.2) is 0 Å². The van der Waals surface area contributed by atoms with E-state index in [9.17, 15) is 0 Å².